The van der Waals surface area contributed by atoms with Crippen LogP contribution in [0.25, 0.3) is 10.9 Å². The molecule has 0 spiro atoms. The van der Waals surface area contributed by atoms with Crippen molar-refractivity contribution < 1.29 is 4.79 Å². The largest absolute Gasteiger partial charge is 0.350 e. The van der Waals surface area contributed by atoms with E-state index in [9.17, 15) is 4.79 Å². The first-order valence-electron chi connectivity index (χ1n) is 5.81. The van der Waals surface area contributed by atoms with Crippen LogP contribution in [-0.2, 0) is 11.8 Å². The second kappa shape index (κ2) is 4.80. The number of para-hydroxylation sites is 1. The number of aryl methyl sites for hydroxylation is 1. The number of carbonyl (C=O) groups is 1. The van der Waals surface area contributed by atoms with Crippen molar-refractivity contribution in [2.75, 3.05) is 7.05 Å². The molecule has 5 nitrogen and oxygen atoms in total. The molecule has 1 amide bonds. The van der Waals surface area contributed by atoms with E-state index in [0.717, 1.165) is 21.5 Å². The molecule has 0 radical (unpaired) electrons. The fraction of sp³-hybridized carbons (Fsp3) is 0.308. The molecule has 0 bridgehead atoms. The van der Waals surface area contributed by atoms with E-state index in [-0.39, 0.29) is 18.4 Å². The molecule has 5 heteroatoms. The third-order valence-corrected chi connectivity index (χ3v) is 3.12. The van der Waals surface area contributed by atoms with Gasteiger partial charge in [0.2, 0.25) is 5.91 Å². The van der Waals surface area contributed by atoms with E-state index in [1.165, 1.54) is 7.05 Å². The molecule has 0 saturated heterocycles. The van der Waals surface area contributed by atoms with Gasteiger partial charge in [-0.1, -0.05) is 18.2 Å². The molecule has 0 aliphatic rings. The lowest BCUT2D eigenvalue weighted by Crippen LogP contribution is -2.35. The van der Waals surface area contributed by atoms with Crippen LogP contribution in [0.4, 0.5) is 0 Å². The number of aromatic nitrogens is 1. The minimum Gasteiger partial charge on any atom is -0.350 e. The van der Waals surface area contributed by atoms with Crippen LogP contribution in [0.1, 0.15) is 18.0 Å². The van der Waals surface area contributed by atoms with Gasteiger partial charge < -0.3 is 10.3 Å². The third-order valence-electron chi connectivity index (χ3n) is 3.12. The van der Waals surface area contributed by atoms with Crippen molar-refractivity contribution in [1.29, 1.82) is 0 Å². The number of fused-ring (bicyclic) bond motifs is 1. The van der Waals surface area contributed by atoms with E-state index in [1.807, 2.05) is 42.1 Å². The van der Waals surface area contributed by atoms with Crippen LogP contribution in [0.3, 0.4) is 0 Å². The number of carbonyl (C=O) groups excluding carboxylic acids is 1. The highest BCUT2D eigenvalue weighted by atomic mass is 16.2. The summed E-state index contributed by atoms with van der Waals surface area (Å²) in [6.45, 7) is 0. The predicted octanol–water partition coefficient (Wildman–Crippen LogP) is 0.900. The minimum absolute atomic E-state index is 0.171. The summed E-state index contributed by atoms with van der Waals surface area (Å²) in [4.78, 5) is 11.6. The second-order valence-corrected chi connectivity index (χ2v) is 4.53. The first-order chi connectivity index (χ1) is 8.50. The van der Waals surface area contributed by atoms with Crippen molar-refractivity contribution in [2.45, 2.75) is 12.5 Å². The average Bonchev–Trinajstić information content (AvgIpc) is 2.67. The van der Waals surface area contributed by atoms with Gasteiger partial charge in [0.05, 0.1) is 0 Å². The van der Waals surface area contributed by atoms with E-state index in [2.05, 4.69) is 0 Å². The van der Waals surface area contributed by atoms with Gasteiger partial charge in [-0.05, 0) is 11.6 Å². The Hall–Kier alpha value is -1.85. The lowest BCUT2D eigenvalue weighted by Gasteiger charge is -2.14. The number of hydrogen-bond donors (Lipinski definition) is 2. The number of hydrazine groups is 1. The first kappa shape index (κ1) is 12.6. The fourth-order valence-corrected chi connectivity index (χ4v) is 2.11. The van der Waals surface area contributed by atoms with Crippen molar-refractivity contribution in [3.05, 3.63) is 36.0 Å². The topological polar surface area (TPSA) is 77.3 Å². The molecule has 18 heavy (non-hydrogen) atoms. The maximum absolute atomic E-state index is 11.6. The van der Waals surface area contributed by atoms with Gasteiger partial charge in [0, 0.05) is 43.7 Å². The lowest BCUT2D eigenvalue weighted by atomic mass is 10.0. The fourth-order valence-electron chi connectivity index (χ4n) is 2.11. The van der Waals surface area contributed by atoms with E-state index >= 15 is 0 Å². The van der Waals surface area contributed by atoms with Crippen molar-refractivity contribution >= 4 is 16.8 Å². The van der Waals surface area contributed by atoms with Crippen LogP contribution in [0.2, 0.25) is 0 Å². The second-order valence-electron chi connectivity index (χ2n) is 4.53. The molecule has 2 rings (SSSR count). The molecule has 1 aromatic heterocycles. The van der Waals surface area contributed by atoms with E-state index in [1.54, 1.807) is 0 Å². The Kier molecular flexibility index (Phi) is 3.36. The van der Waals surface area contributed by atoms with Gasteiger partial charge in [0.25, 0.3) is 0 Å². The van der Waals surface area contributed by atoms with Crippen LogP contribution in [0.5, 0.6) is 0 Å². The lowest BCUT2D eigenvalue weighted by molar-refractivity contribution is -0.130. The van der Waals surface area contributed by atoms with Crippen molar-refractivity contribution in [1.82, 2.24) is 9.58 Å². The summed E-state index contributed by atoms with van der Waals surface area (Å²) in [5, 5.41) is 2.16. The van der Waals surface area contributed by atoms with E-state index in [0.29, 0.717) is 0 Å². The minimum atomic E-state index is -0.338. The Morgan fingerprint density at radius 1 is 1.44 bits per heavy atom. The first-order valence-corrected chi connectivity index (χ1v) is 5.81. The van der Waals surface area contributed by atoms with Crippen molar-refractivity contribution in [3.8, 4) is 0 Å². The predicted molar refractivity (Wildman–Crippen MR) is 71.4 cm³/mol. The summed E-state index contributed by atoms with van der Waals surface area (Å²) in [6, 6.07) is 7.66. The summed E-state index contributed by atoms with van der Waals surface area (Å²) >= 11 is 0. The smallest absolute Gasteiger partial charge is 0.238 e. The quantitative estimate of drug-likeness (QED) is 0.480. The highest BCUT2D eigenvalue weighted by Gasteiger charge is 2.17. The van der Waals surface area contributed by atoms with Crippen LogP contribution < -0.4 is 11.6 Å². The SMILES string of the molecule is CN(N)C(=O)CC(N)c1cn(C)c2ccccc12. The highest BCUT2D eigenvalue weighted by Crippen LogP contribution is 2.26. The van der Waals surface area contributed by atoms with Gasteiger partial charge in [0.1, 0.15) is 0 Å². The Morgan fingerprint density at radius 2 is 2.11 bits per heavy atom. The van der Waals surface area contributed by atoms with E-state index in [4.69, 9.17) is 11.6 Å². The number of benzene rings is 1. The molecular formula is C13H18N4O. The molecule has 4 N–H and O–H groups in total. The zero-order valence-electron chi connectivity index (χ0n) is 10.6. The van der Waals surface area contributed by atoms with Crippen LogP contribution in [-0.4, -0.2) is 22.5 Å². The molecule has 1 aromatic carbocycles. The number of hydrogen-bond acceptors (Lipinski definition) is 3. The van der Waals surface area contributed by atoms with Crippen molar-refractivity contribution in [2.24, 2.45) is 18.6 Å². The summed E-state index contributed by atoms with van der Waals surface area (Å²) in [6.07, 6.45) is 2.18. The van der Waals surface area contributed by atoms with Crippen LogP contribution in [0.15, 0.2) is 30.5 Å². The molecule has 0 aliphatic heterocycles. The number of amides is 1. The standard InChI is InChI=1S/C13H18N4O/c1-16-8-10(9-5-3-4-6-12(9)16)11(14)7-13(18)17(2)15/h3-6,8,11H,7,14-15H2,1-2H3. The normalized spacial score (nSPS) is 12.7. The van der Waals surface area contributed by atoms with Gasteiger partial charge in [-0.3, -0.25) is 9.80 Å². The molecule has 1 unspecified atom stereocenters. The van der Waals surface area contributed by atoms with Crippen LogP contribution >= 0.6 is 0 Å². The van der Waals surface area contributed by atoms with Gasteiger partial charge in [-0.15, -0.1) is 0 Å². The summed E-state index contributed by atoms with van der Waals surface area (Å²) < 4.78 is 2.02. The van der Waals surface area contributed by atoms with Gasteiger partial charge >= 0.3 is 0 Å². The summed E-state index contributed by atoms with van der Waals surface area (Å²) in [5.41, 5.74) is 8.18. The Bertz CT molecular complexity index is 573. The summed E-state index contributed by atoms with van der Waals surface area (Å²) in [5.74, 6) is 5.23. The molecule has 0 aliphatic carbocycles. The molecule has 0 saturated carbocycles. The molecule has 96 valence electrons. The van der Waals surface area contributed by atoms with Gasteiger partial charge in [0.15, 0.2) is 0 Å². The van der Waals surface area contributed by atoms with Gasteiger partial charge in [-0.2, -0.15) is 0 Å². The highest BCUT2D eigenvalue weighted by molar-refractivity contribution is 5.85. The van der Waals surface area contributed by atoms with Crippen molar-refractivity contribution in [3.63, 3.8) is 0 Å². The molecular weight excluding hydrogens is 228 g/mol. The monoisotopic (exact) mass is 246 g/mol. The van der Waals surface area contributed by atoms with E-state index < -0.39 is 0 Å². The zero-order chi connectivity index (χ0) is 13.3. The molecule has 1 atom stereocenters. The molecule has 1 heterocycles. The Morgan fingerprint density at radius 3 is 2.78 bits per heavy atom. The Balaban J connectivity index is 2.33. The number of nitrogens with two attached hydrogens (primary N) is 2. The maximum Gasteiger partial charge on any atom is 0.238 e. The Labute approximate surface area is 106 Å². The van der Waals surface area contributed by atoms with Crippen LogP contribution in [0, 0.1) is 0 Å². The molecule has 2 aromatic rings. The number of rotatable bonds is 3. The molecule has 0 fully saturated rings. The maximum atomic E-state index is 11.6. The average molecular weight is 246 g/mol. The zero-order valence-corrected chi connectivity index (χ0v) is 10.6. The summed E-state index contributed by atoms with van der Waals surface area (Å²) in [7, 11) is 3.49. The number of nitrogens with zero attached hydrogens (tertiary/aromatic N) is 2. The van der Waals surface area contributed by atoms with Gasteiger partial charge in [-0.25, -0.2) is 5.84 Å². The third kappa shape index (κ3) is 2.23.